The average Bonchev–Trinajstić information content (AvgIpc) is 3.26. The maximum absolute atomic E-state index is 12.5. The molecule has 1 aromatic heterocycles. The number of hydrogen-bond acceptors (Lipinski definition) is 8. The molecule has 0 radical (unpaired) electrons. The van der Waals surface area contributed by atoms with Crippen LogP contribution in [0.3, 0.4) is 0 Å². The number of carbonyl (C=O) groups is 1. The first-order valence-corrected chi connectivity index (χ1v) is 9.62. The summed E-state index contributed by atoms with van der Waals surface area (Å²) in [7, 11) is 0. The van der Waals surface area contributed by atoms with E-state index in [1.54, 1.807) is 0 Å². The Balaban J connectivity index is 1.67. The van der Waals surface area contributed by atoms with Crippen LogP contribution < -0.4 is 14.8 Å². The molecule has 1 N–H and O–H groups in total. The Hall–Kier alpha value is -4.33. The van der Waals surface area contributed by atoms with E-state index in [-0.39, 0.29) is 40.3 Å². The van der Waals surface area contributed by atoms with E-state index in [4.69, 9.17) is 21.1 Å². The molecule has 12 nitrogen and oxygen atoms in total. The number of carbonyl (C=O) groups excluding carboxylic acids is 1. The van der Waals surface area contributed by atoms with E-state index in [2.05, 4.69) is 10.4 Å². The van der Waals surface area contributed by atoms with Gasteiger partial charge >= 0.3 is 0 Å². The van der Waals surface area contributed by atoms with Crippen LogP contribution in [-0.4, -0.2) is 38.6 Å². The van der Waals surface area contributed by atoms with Crippen LogP contribution in [0.15, 0.2) is 48.7 Å². The number of benzene rings is 2. The number of nitrogens with one attached hydrogen (secondary N) is 1. The Morgan fingerprint density at radius 1 is 1.09 bits per heavy atom. The van der Waals surface area contributed by atoms with E-state index < -0.39 is 34.5 Å². The summed E-state index contributed by atoms with van der Waals surface area (Å²) in [5.74, 6) is -0.808. The monoisotopic (exact) mass is 497 g/mol. The van der Waals surface area contributed by atoms with Gasteiger partial charge in [-0.05, 0) is 12.1 Å². The third-order valence-corrected chi connectivity index (χ3v) is 4.38. The summed E-state index contributed by atoms with van der Waals surface area (Å²) in [4.78, 5) is 32.9. The van der Waals surface area contributed by atoms with E-state index in [1.807, 2.05) is 0 Å². The number of nitrogens with zero attached hydrogens (tertiary/aromatic N) is 4. The zero-order chi connectivity index (χ0) is 24.8. The third kappa shape index (κ3) is 6.35. The molecule has 0 bridgehead atoms. The maximum Gasteiger partial charge on any atom is 0.276 e. The van der Waals surface area contributed by atoms with E-state index in [9.17, 15) is 33.8 Å². The third-order valence-electron chi connectivity index (χ3n) is 4.09. The molecule has 0 aliphatic heterocycles. The van der Waals surface area contributed by atoms with Crippen LogP contribution in [-0.2, 0) is 6.73 Å². The topological polar surface area (TPSA) is 152 Å². The highest BCUT2D eigenvalue weighted by molar-refractivity contribution is 6.32. The fourth-order valence-electron chi connectivity index (χ4n) is 2.61. The van der Waals surface area contributed by atoms with Gasteiger partial charge in [0.1, 0.15) is 18.1 Å². The normalized spacial score (nSPS) is 10.7. The Morgan fingerprint density at radius 2 is 1.82 bits per heavy atom. The largest absolute Gasteiger partial charge is 0.487 e. The molecule has 34 heavy (non-hydrogen) atoms. The van der Waals surface area contributed by atoms with Crippen LogP contribution in [0.2, 0.25) is 5.02 Å². The lowest BCUT2D eigenvalue weighted by Gasteiger charge is -2.09. The van der Waals surface area contributed by atoms with Gasteiger partial charge in [-0.2, -0.15) is 5.10 Å². The average molecular weight is 498 g/mol. The number of amides is 1. The van der Waals surface area contributed by atoms with E-state index in [0.717, 1.165) is 24.3 Å². The minimum absolute atomic E-state index is 0.00913. The first-order chi connectivity index (χ1) is 16.1. The summed E-state index contributed by atoms with van der Waals surface area (Å²) < 4.78 is 36.2. The van der Waals surface area contributed by atoms with Gasteiger partial charge in [-0.1, -0.05) is 11.6 Å². The molecule has 0 aliphatic carbocycles. The first-order valence-electron chi connectivity index (χ1n) is 9.24. The van der Waals surface area contributed by atoms with E-state index >= 15 is 0 Å². The van der Waals surface area contributed by atoms with Gasteiger partial charge in [-0.3, -0.25) is 25.0 Å². The lowest BCUT2D eigenvalue weighted by molar-refractivity contribution is -0.385. The maximum atomic E-state index is 12.5. The quantitative estimate of drug-likeness (QED) is 0.321. The Kier molecular flexibility index (Phi) is 7.53. The van der Waals surface area contributed by atoms with Crippen molar-refractivity contribution in [1.29, 1.82) is 0 Å². The van der Waals surface area contributed by atoms with Gasteiger partial charge in [0.25, 0.3) is 23.7 Å². The molecule has 0 atom stereocenters. The molecule has 178 valence electrons. The molecule has 15 heteroatoms. The van der Waals surface area contributed by atoms with Crippen molar-refractivity contribution < 1.29 is 32.9 Å². The van der Waals surface area contributed by atoms with Gasteiger partial charge in [-0.25, -0.2) is 13.5 Å². The Labute approximate surface area is 193 Å². The number of aromatic nitrogens is 2. The summed E-state index contributed by atoms with van der Waals surface area (Å²) >= 11 is 5.95. The molecule has 0 unspecified atom stereocenters. The Morgan fingerprint density at radius 3 is 2.47 bits per heavy atom. The molecule has 1 amide bonds. The lowest BCUT2D eigenvalue weighted by Crippen LogP contribution is -2.15. The second-order valence-electron chi connectivity index (χ2n) is 6.51. The van der Waals surface area contributed by atoms with Crippen molar-refractivity contribution in [1.82, 2.24) is 9.78 Å². The van der Waals surface area contributed by atoms with Gasteiger partial charge in [0.2, 0.25) is 0 Å². The van der Waals surface area contributed by atoms with E-state index in [0.29, 0.717) is 0 Å². The number of anilines is 1. The number of halogens is 3. The number of nitro groups is 2. The van der Waals surface area contributed by atoms with Crippen molar-refractivity contribution >= 4 is 34.6 Å². The molecule has 0 saturated heterocycles. The SMILES string of the molecule is O=C(Nc1cc(OCC(F)F)cc([N+](=O)[O-])c1)c1ccn(COc2ccc([N+](=O)[O-])cc2Cl)n1. The van der Waals surface area contributed by atoms with E-state index in [1.165, 1.54) is 29.1 Å². The second-order valence-corrected chi connectivity index (χ2v) is 6.92. The fraction of sp³-hybridized carbons (Fsp3) is 0.158. The van der Waals surface area contributed by atoms with Crippen molar-refractivity contribution in [2.75, 3.05) is 11.9 Å². The zero-order valence-corrected chi connectivity index (χ0v) is 17.6. The molecular formula is C19H14ClF2N5O7. The predicted octanol–water partition coefficient (Wildman–Crippen LogP) is 4.29. The number of non-ortho nitro benzene ring substituents is 2. The van der Waals surface area contributed by atoms with Crippen LogP contribution in [0.5, 0.6) is 11.5 Å². The number of alkyl halides is 2. The zero-order valence-electron chi connectivity index (χ0n) is 16.9. The minimum atomic E-state index is -2.79. The first kappa shape index (κ1) is 24.3. The minimum Gasteiger partial charge on any atom is -0.487 e. The molecule has 0 fully saturated rings. The molecule has 0 spiro atoms. The lowest BCUT2D eigenvalue weighted by atomic mass is 10.2. The summed E-state index contributed by atoms with van der Waals surface area (Å²) in [5.41, 5.74) is -0.827. The summed E-state index contributed by atoms with van der Waals surface area (Å²) in [6.07, 6.45) is -1.39. The highest BCUT2D eigenvalue weighted by Gasteiger charge is 2.16. The van der Waals surface area contributed by atoms with Crippen LogP contribution in [0.25, 0.3) is 0 Å². The standard InChI is InChI=1S/C19H14ClF2N5O7/c20-15-8-12(26(29)30)1-2-17(15)34-10-25-4-3-16(24-25)19(28)23-11-5-13(27(31)32)7-14(6-11)33-9-18(21)22/h1-8,18H,9-10H2,(H,23,28). The molecule has 3 aromatic rings. The highest BCUT2D eigenvalue weighted by Crippen LogP contribution is 2.29. The summed E-state index contributed by atoms with van der Waals surface area (Å²) in [6.45, 7) is -1.16. The van der Waals surface area contributed by atoms with Crippen molar-refractivity contribution in [2.45, 2.75) is 13.2 Å². The van der Waals surface area contributed by atoms with Crippen LogP contribution >= 0.6 is 11.6 Å². The van der Waals surface area contributed by atoms with Crippen LogP contribution in [0.4, 0.5) is 25.8 Å². The molecule has 0 aliphatic rings. The number of hydrogen-bond donors (Lipinski definition) is 1. The predicted molar refractivity (Wildman–Crippen MR) is 114 cm³/mol. The highest BCUT2D eigenvalue weighted by atomic mass is 35.5. The summed E-state index contributed by atoms with van der Waals surface area (Å²) in [6, 6.07) is 8.12. The number of ether oxygens (including phenoxy) is 2. The molecule has 0 saturated carbocycles. The fourth-order valence-corrected chi connectivity index (χ4v) is 2.84. The van der Waals surface area contributed by atoms with Crippen molar-refractivity contribution in [3.8, 4) is 11.5 Å². The second kappa shape index (κ2) is 10.5. The van der Waals surface area contributed by atoms with Gasteiger partial charge in [0.05, 0.1) is 26.6 Å². The van der Waals surface area contributed by atoms with Gasteiger partial charge in [0.15, 0.2) is 12.4 Å². The molecule has 1 heterocycles. The van der Waals surface area contributed by atoms with Gasteiger partial charge < -0.3 is 14.8 Å². The van der Waals surface area contributed by atoms with Gasteiger partial charge in [0, 0.05) is 30.5 Å². The number of rotatable bonds is 10. The summed E-state index contributed by atoms with van der Waals surface area (Å²) in [5, 5.41) is 28.2. The van der Waals surface area contributed by atoms with Crippen LogP contribution in [0, 0.1) is 20.2 Å². The molecule has 2 aromatic carbocycles. The Bertz CT molecular complexity index is 1240. The molecule has 3 rings (SSSR count). The smallest absolute Gasteiger partial charge is 0.276 e. The van der Waals surface area contributed by atoms with Crippen molar-refractivity contribution in [3.05, 3.63) is 79.6 Å². The molecular weight excluding hydrogens is 484 g/mol. The van der Waals surface area contributed by atoms with Crippen molar-refractivity contribution in [2.24, 2.45) is 0 Å². The van der Waals surface area contributed by atoms with Gasteiger partial charge in [-0.15, -0.1) is 0 Å². The van der Waals surface area contributed by atoms with Crippen LogP contribution in [0.1, 0.15) is 10.5 Å². The number of nitro benzene ring substituents is 2. The van der Waals surface area contributed by atoms with Crippen molar-refractivity contribution in [3.63, 3.8) is 0 Å².